The molecule has 1 rings (SSSR count). The summed E-state index contributed by atoms with van der Waals surface area (Å²) in [6, 6.07) is 1.50. The standard InChI is InChI=1S/C7H9N3O2/c1-5-9-3-2-6(10-5)12-7(11)4-8/h2-3H,4,8H2,1H3. The Kier molecular flexibility index (Phi) is 2.71. The maximum Gasteiger partial charge on any atom is 0.326 e. The lowest BCUT2D eigenvalue weighted by Crippen LogP contribution is -2.20. The van der Waals surface area contributed by atoms with Crippen LogP contribution in [0.2, 0.25) is 0 Å². The van der Waals surface area contributed by atoms with Gasteiger partial charge in [0.2, 0.25) is 5.88 Å². The van der Waals surface area contributed by atoms with Gasteiger partial charge in [0.15, 0.2) is 0 Å². The van der Waals surface area contributed by atoms with Crippen LogP contribution in [0.25, 0.3) is 0 Å². The van der Waals surface area contributed by atoms with Crippen molar-refractivity contribution in [3.8, 4) is 5.88 Å². The van der Waals surface area contributed by atoms with E-state index in [-0.39, 0.29) is 12.4 Å². The quantitative estimate of drug-likeness (QED) is 0.609. The van der Waals surface area contributed by atoms with Crippen LogP contribution in [0, 0.1) is 6.92 Å². The maximum absolute atomic E-state index is 10.7. The first-order chi connectivity index (χ1) is 5.72. The van der Waals surface area contributed by atoms with Gasteiger partial charge in [-0.3, -0.25) is 4.79 Å². The van der Waals surface area contributed by atoms with Crippen molar-refractivity contribution in [1.29, 1.82) is 0 Å². The van der Waals surface area contributed by atoms with Crippen LogP contribution < -0.4 is 10.5 Å². The van der Waals surface area contributed by atoms with Gasteiger partial charge in [0.1, 0.15) is 5.82 Å². The molecule has 0 fully saturated rings. The third kappa shape index (κ3) is 2.28. The van der Waals surface area contributed by atoms with E-state index >= 15 is 0 Å². The lowest BCUT2D eigenvalue weighted by Gasteiger charge is -2.00. The molecule has 0 unspecified atom stereocenters. The summed E-state index contributed by atoms with van der Waals surface area (Å²) in [6.07, 6.45) is 1.52. The second kappa shape index (κ2) is 3.77. The van der Waals surface area contributed by atoms with E-state index in [4.69, 9.17) is 10.5 Å². The summed E-state index contributed by atoms with van der Waals surface area (Å²) in [5, 5.41) is 0. The highest BCUT2D eigenvalue weighted by Crippen LogP contribution is 2.03. The molecule has 0 spiro atoms. The number of hydrogen-bond donors (Lipinski definition) is 1. The Morgan fingerprint density at radius 3 is 3.08 bits per heavy atom. The average Bonchev–Trinajstić information content (AvgIpc) is 2.04. The largest absolute Gasteiger partial charge is 0.406 e. The molecule has 0 aliphatic heterocycles. The van der Waals surface area contributed by atoms with E-state index in [1.807, 2.05) is 0 Å². The first-order valence-electron chi connectivity index (χ1n) is 3.43. The molecule has 0 saturated heterocycles. The first-order valence-corrected chi connectivity index (χ1v) is 3.43. The third-order valence-electron chi connectivity index (χ3n) is 1.14. The lowest BCUT2D eigenvalue weighted by atomic mass is 10.6. The zero-order valence-electron chi connectivity index (χ0n) is 6.65. The minimum atomic E-state index is -0.506. The van der Waals surface area contributed by atoms with Gasteiger partial charge < -0.3 is 10.5 Å². The van der Waals surface area contributed by atoms with Crippen molar-refractivity contribution in [2.75, 3.05) is 6.54 Å². The van der Waals surface area contributed by atoms with Gasteiger partial charge >= 0.3 is 5.97 Å². The Bertz CT molecular complexity index is 288. The highest BCUT2D eigenvalue weighted by atomic mass is 16.5. The highest BCUT2D eigenvalue weighted by molar-refractivity contribution is 5.73. The molecule has 0 aromatic carbocycles. The van der Waals surface area contributed by atoms with E-state index in [1.165, 1.54) is 12.3 Å². The summed E-state index contributed by atoms with van der Waals surface area (Å²) in [4.78, 5) is 18.4. The van der Waals surface area contributed by atoms with Crippen LogP contribution in [0.4, 0.5) is 0 Å². The number of hydrogen-bond acceptors (Lipinski definition) is 5. The van der Waals surface area contributed by atoms with Crippen LogP contribution in [0.5, 0.6) is 5.88 Å². The van der Waals surface area contributed by atoms with Crippen molar-refractivity contribution in [2.24, 2.45) is 5.73 Å². The second-order valence-electron chi connectivity index (χ2n) is 2.12. The molecule has 64 valence electrons. The molecule has 0 radical (unpaired) electrons. The Morgan fingerprint density at radius 1 is 1.75 bits per heavy atom. The molecule has 1 heterocycles. The summed E-state index contributed by atoms with van der Waals surface area (Å²) in [5.41, 5.74) is 5.04. The SMILES string of the molecule is Cc1nccc(OC(=O)CN)n1. The van der Waals surface area contributed by atoms with Crippen LogP contribution in [-0.4, -0.2) is 22.5 Å². The number of carbonyl (C=O) groups excluding carboxylic acids is 1. The smallest absolute Gasteiger partial charge is 0.326 e. The minimum absolute atomic E-state index is 0.150. The molecule has 0 amide bonds. The highest BCUT2D eigenvalue weighted by Gasteiger charge is 2.02. The van der Waals surface area contributed by atoms with Crippen molar-refractivity contribution in [1.82, 2.24) is 9.97 Å². The van der Waals surface area contributed by atoms with E-state index < -0.39 is 5.97 Å². The molecule has 12 heavy (non-hydrogen) atoms. The Balaban J connectivity index is 2.69. The summed E-state index contributed by atoms with van der Waals surface area (Å²) < 4.78 is 4.73. The number of nitrogens with zero attached hydrogens (tertiary/aromatic N) is 2. The number of ether oxygens (including phenoxy) is 1. The van der Waals surface area contributed by atoms with Gasteiger partial charge in [-0.2, -0.15) is 4.98 Å². The van der Waals surface area contributed by atoms with Crippen LogP contribution in [0.3, 0.4) is 0 Å². The fourth-order valence-corrected chi connectivity index (χ4v) is 0.650. The first kappa shape index (κ1) is 8.61. The molecule has 1 aromatic rings. The topological polar surface area (TPSA) is 78.1 Å². The Hall–Kier alpha value is -1.49. The average molecular weight is 167 g/mol. The van der Waals surface area contributed by atoms with Crippen LogP contribution in [-0.2, 0) is 4.79 Å². The van der Waals surface area contributed by atoms with Gasteiger partial charge in [-0.05, 0) is 6.92 Å². The Labute approximate surface area is 69.6 Å². The summed E-state index contributed by atoms with van der Waals surface area (Å²) >= 11 is 0. The molecule has 0 aliphatic rings. The summed E-state index contributed by atoms with van der Waals surface area (Å²) in [5.74, 6) is 0.281. The molecule has 5 heteroatoms. The van der Waals surface area contributed by atoms with E-state index in [0.717, 1.165) is 0 Å². The van der Waals surface area contributed by atoms with Crippen LogP contribution in [0.1, 0.15) is 5.82 Å². The third-order valence-corrected chi connectivity index (χ3v) is 1.14. The van der Waals surface area contributed by atoms with Crippen LogP contribution in [0.15, 0.2) is 12.3 Å². The number of aryl methyl sites for hydroxylation is 1. The van der Waals surface area contributed by atoms with Gasteiger partial charge in [-0.25, -0.2) is 4.98 Å². The predicted molar refractivity (Wildman–Crippen MR) is 41.5 cm³/mol. The van der Waals surface area contributed by atoms with Gasteiger partial charge in [0.25, 0.3) is 0 Å². The normalized spacial score (nSPS) is 9.50. The van der Waals surface area contributed by atoms with Gasteiger partial charge in [-0.15, -0.1) is 0 Å². The van der Waals surface area contributed by atoms with E-state index in [2.05, 4.69) is 9.97 Å². The molecular weight excluding hydrogens is 158 g/mol. The number of carbonyl (C=O) groups is 1. The Morgan fingerprint density at radius 2 is 2.50 bits per heavy atom. The minimum Gasteiger partial charge on any atom is -0.406 e. The molecule has 0 saturated carbocycles. The van der Waals surface area contributed by atoms with Gasteiger partial charge in [-0.1, -0.05) is 0 Å². The summed E-state index contributed by atoms with van der Waals surface area (Å²) in [7, 11) is 0. The van der Waals surface area contributed by atoms with Crippen molar-refractivity contribution < 1.29 is 9.53 Å². The van der Waals surface area contributed by atoms with Gasteiger partial charge in [0, 0.05) is 12.3 Å². The molecular formula is C7H9N3O2. The number of aromatic nitrogens is 2. The molecule has 0 atom stereocenters. The van der Waals surface area contributed by atoms with E-state index in [1.54, 1.807) is 6.92 Å². The van der Waals surface area contributed by atoms with Crippen LogP contribution >= 0.6 is 0 Å². The van der Waals surface area contributed by atoms with Crippen molar-refractivity contribution in [2.45, 2.75) is 6.92 Å². The summed E-state index contributed by atoms with van der Waals surface area (Å²) in [6.45, 7) is 1.56. The maximum atomic E-state index is 10.7. The molecule has 1 aromatic heterocycles. The fraction of sp³-hybridized carbons (Fsp3) is 0.286. The monoisotopic (exact) mass is 167 g/mol. The predicted octanol–water partition coefficient (Wildman–Crippen LogP) is -0.351. The fourth-order valence-electron chi connectivity index (χ4n) is 0.650. The van der Waals surface area contributed by atoms with Crippen molar-refractivity contribution in [3.63, 3.8) is 0 Å². The number of nitrogens with two attached hydrogens (primary N) is 1. The number of esters is 1. The second-order valence-corrected chi connectivity index (χ2v) is 2.12. The molecule has 0 aliphatic carbocycles. The number of rotatable bonds is 2. The lowest BCUT2D eigenvalue weighted by molar-refractivity contribution is -0.133. The molecule has 2 N–H and O–H groups in total. The van der Waals surface area contributed by atoms with E-state index in [9.17, 15) is 4.79 Å². The van der Waals surface area contributed by atoms with Gasteiger partial charge in [0.05, 0.1) is 6.54 Å². The molecule has 5 nitrogen and oxygen atoms in total. The van der Waals surface area contributed by atoms with Crippen molar-refractivity contribution in [3.05, 3.63) is 18.1 Å². The zero-order chi connectivity index (χ0) is 8.97. The molecule has 0 bridgehead atoms. The zero-order valence-corrected chi connectivity index (χ0v) is 6.65. The van der Waals surface area contributed by atoms with Crippen molar-refractivity contribution >= 4 is 5.97 Å². The van der Waals surface area contributed by atoms with E-state index in [0.29, 0.717) is 5.82 Å².